The molecule has 0 bridgehead atoms. The Morgan fingerprint density at radius 2 is 1.67 bits per heavy atom. The van der Waals surface area contributed by atoms with Gasteiger partial charge in [0.25, 0.3) is 5.91 Å². The third kappa shape index (κ3) is 6.66. The van der Waals surface area contributed by atoms with Crippen molar-refractivity contribution in [2.75, 3.05) is 20.1 Å². The maximum absolute atomic E-state index is 13.9. The standard InChI is InChI=1S/C29H26F7N3O3/c1-16-10-20(30)5-6-21(16)23-15-39(27(42)25-24(40)4-3-8-37-25)9-7-22(23)26(41)38(2)14-17-11-18(28(31,32)33)13-19(12-17)29(34,35)36/h3-6,8,10-13,22-23,40H,7,9,14-15H2,1-2H3. The molecule has 0 saturated carbocycles. The summed E-state index contributed by atoms with van der Waals surface area (Å²) in [5.74, 6) is -3.56. The molecular weight excluding hydrogens is 571 g/mol. The van der Waals surface area contributed by atoms with Crippen molar-refractivity contribution < 1.29 is 45.4 Å². The fraction of sp³-hybridized carbons (Fsp3) is 0.345. The Labute approximate surface area is 236 Å². The predicted molar refractivity (Wildman–Crippen MR) is 137 cm³/mol. The van der Waals surface area contributed by atoms with Crippen LogP contribution in [0.1, 0.15) is 50.6 Å². The fourth-order valence-corrected chi connectivity index (χ4v) is 5.26. The highest BCUT2D eigenvalue weighted by Gasteiger charge is 2.40. The van der Waals surface area contributed by atoms with E-state index in [1.165, 1.54) is 48.5 Å². The van der Waals surface area contributed by atoms with Crippen molar-refractivity contribution in [2.45, 2.75) is 38.2 Å². The predicted octanol–water partition coefficient (Wildman–Crippen LogP) is 6.18. The maximum atomic E-state index is 13.9. The van der Waals surface area contributed by atoms with Gasteiger partial charge in [-0.2, -0.15) is 26.3 Å². The van der Waals surface area contributed by atoms with Gasteiger partial charge >= 0.3 is 12.4 Å². The van der Waals surface area contributed by atoms with Crippen LogP contribution in [-0.2, 0) is 23.7 Å². The fourth-order valence-electron chi connectivity index (χ4n) is 5.26. The molecule has 1 aromatic heterocycles. The summed E-state index contributed by atoms with van der Waals surface area (Å²) < 4.78 is 94.0. The monoisotopic (exact) mass is 597 g/mol. The van der Waals surface area contributed by atoms with Crippen LogP contribution >= 0.6 is 0 Å². The number of alkyl halides is 6. The number of aryl methyl sites for hydroxylation is 1. The number of piperidine rings is 1. The van der Waals surface area contributed by atoms with E-state index < -0.39 is 59.5 Å². The number of benzene rings is 2. The van der Waals surface area contributed by atoms with Crippen LogP contribution in [0.4, 0.5) is 30.7 Å². The number of aromatic hydroxyl groups is 1. The molecular formula is C29H26F7N3O3. The summed E-state index contributed by atoms with van der Waals surface area (Å²) in [6.45, 7) is 1.10. The van der Waals surface area contributed by atoms with Crippen LogP contribution in [0.25, 0.3) is 0 Å². The lowest BCUT2D eigenvalue weighted by Gasteiger charge is -2.40. The summed E-state index contributed by atoms with van der Waals surface area (Å²) in [6.07, 6.45) is -8.66. The summed E-state index contributed by atoms with van der Waals surface area (Å²) in [4.78, 5) is 33.2. The van der Waals surface area contributed by atoms with E-state index in [1.807, 2.05) is 0 Å². The van der Waals surface area contributed by atoms with E-state index in [-0.39, 0.29) is 42.6 Å². The molecule has 1 N–H and O–H groups in total. The van der Waals surface area contributed by atoms with Crippen molar-refractivity contribution in [1.29, 1.82) is 0 Å². The Bertz CT molecular complexity index is 1460. The summed E-state index contributed by atoms with van der Waals surface area (Å²) in [6, 6.07) is 7.83. The zero-order valence-corrected chi connectivity index (χ0v) is 22.4. The number of hydrogen-bond donors (Lipinski definition) is 1. The Balaban J connectivity index is 1.64. The normalized spacial score (nSPS) is 17.7. The van der Waals surface area contributed by atoms with Gasteiger partial charge in [0.2, 0.25) is 5.91 Å². The number of rotatable bonds is 5. The maximum Gasteiger partial charge on any atom is 0.416 e. The SMILES string of the molecule is Cc1cc(F)ccc1C1CN(C(=O)c2ncccc2O)CCC1C(=O)N(C)Cc1cc(C(F)(F)F)cc(C(F)(F)F)c1. The Morgan fingerprint density at radius 1 is 1.02 bits per heavy atom. The highest BCUT2D eigenvalue weighted by Crippen LogP contribution is 2.39. The smallest absolute Gasteiger partial charge is 0.416 e. The van der Waals surface area contributed by atoms with Gasteiger partial charge in [-0.05, 0) is 72.5 Å². The lowest BCUT2D eigenvalue weighted by Crippen LogP contribution is -2.48. The lowest BCUT2D eigenvalue weighted by atomic mass is 9.78. The van der Waals surface area contributed by atoms with Crippen LogP contribution in [-0.4, -0.2) is 51.8 Å². The van der Waals surface area contributed by atoms with Gasteiger partial charge in [0.05, 0.1) is 11.1 Å². The zero-order valence-electron chi connectivity index (χ0n) is 22.4. The second-order valence-electron chi connectivity index (χ2n) is 10.2. The number of aromatic nitrogens is 1. The van der Waals surface area contributed by atoms with Gasteiger partial charge in [0, 0.05) is 44.7 Å². The number of pyridine rings is 1. The molecule has 2 atom stereocenters. The van der Waals surface area contributed by atoms with Gasteiger partial charge in [-0.15, -0.1) is 0 Å². The van der Waals surface area contributed by atoms with Crippen molar-refractivity contribution in [3.05, 3.63) is 94.1 Å². The molecule has 1 aliphatic heterocycles. The minimum absolute atomic E-state index is 0.0186. The average Bonchev–Trinajstić information content (AvgIpc) is 2.91. The van der Waals surface area contributed by atoms with E-state index >= 15 is 0 Å². The Morgan fingerprint density at radius 3 is 2.24 bits per heavy atom. The molecule has 0 radical (unpaired) electrons. The molecule has 1 saturated heterocycles. The van der Waals surface area contributed by atoms with Gasteiger partial charge in [0.15, 0.2) is 5.69 Å². The third-order valence-electron chi connectivity index (χ3n) is 7.28. The lowest BCUT2D eigenvalue weighted by molar-refractivity contribution is -0.143. The molecule has 13 heteroatoms. The first-order valence-electron chi connectivity index (χ1n) is 12.8. The first-order valence-corrected chi connectivity index (χ1v) is 12.8. The van der Waals surface area contributed by atoms with Crippen LogP contribution in [0, 0.1) is 18.7 Å². The van der Waals surface area contributed by atoms with E-state index in [2.05, 4.69) is 4.98 Å². The quantitative estimate of drug-likeness (QED) is 0.357. The molecule has 3 aromatic rings. The first-order chi connectivity index (χ1) is 19.6. The Hall–Kier alpha value is -4.16. The molecule has 2 heterocycles. The second kappa shape index (κ2) is 11.6. The largest absolute Gasteiger partial charge is 0.505 e. The minimum Gasteiger partial charge on any atom is -0.505 e. The summed E-state index contributed by atoms with van der Waals surface area (Å²) in [5, 5.41) is 10.1. The van der Waals surface area contributed by atoms with E-state index in [1.54, 1.807) is 6.92 Å². The minimum atomic E-state index is -5.04. The van der Waals surface area contributed by atoms with Crippen LogP contribution in [0.5, 0.6) is 5.75 Å². The first kappa shape index (κ1) is 30.8. The van der Waals surface area contributed by atoms with Crippen molar-refractivity contribution in [3.8, 4) is 5.75 Å². The van der Waals surface area contributed by atoms with E-state index in [0.717, 1.165) is 4.90 Å². The van der Waals surface area contributed by atoms with Crippen molar-refractivity contribution in [3.63, 3.8) is 0 Å². The van der Waals surface area contributed by atoms with Gasteiger partial charge in [-0.3, -0.25) is 9.59 Å². The van der Waals surface area contributed by atoms with E-state index in [9.17, 15) is 45.4 Å². The molecule has 224 valence electrons. The molecule has 2 aromatic carbocycles. The highest BCUT2D eigenvalue weighted by atomic mass is 19.4. The number of amides is 2. The number of carbonyl (C=O) groups is 2. The molecule has 2 amide bonds. The van der Waals surface area contributed by atoms with Crippen LogP contribution in [0.3, 0.4) is 0 Å². The van der Waals surface area contributed by atoms with Crippen molar-refractivity contribution in [1.82, 2.24) is 14.8 Å². The Kier molecular flexibility index (Phi) is 8.51. The summed E-state index contributed by atoms with van der Waals surface area (Å²) in [7, 11) is 1.27. The molecule has 42 heavy (non-hydrogen) atoms. The van der Waals surface area contributed by atoms with Crippen molar-refractivity contribution in [2.24, 2.45) is 5.92 Å². The number of nitrogens with zero attached hydrogens (tertiary/aromatic N) is 3. The third-order valence-corrected chi connectivity index (χ3v) is 7.28. The summed E-state index contributed by atoms with van der Waals surface area (Å²) >= 11 is 0. The van der Waals surface area contributed by atoms with Crippen LogP contribution in [0.15, 0.2) is 54.7 Å². The molecule has 0 spiro atoms. The highest BCUT2D eigenvalue weighted by molar-refractivity contribution is 5.95. The number of halogens is 7. The van der Waals surface area contributed by atoms with Crippen LogP contribution in [0.2, 0.25) is 0 Å². The van der Waals surface area contributed by atoms with E-state index in [4.69, 9.17) is 0 Å². The molecule has 4 rings (SSSR count). The molecule has 2 unspecified atom stereocenters. The second-order valence-corrected chi connectivity index (χ2v) is 10.2. The zero-order chi connectivity index (χ0) is 31.0. The van der Waals surface area contributed by atoms with Crippen LogP contribution < -0.4 is 0 Å². The molecule has 0 aliphatic carbocycles. The molecule has 6 nitrogen and oxygen atoms in total. The van der Waals surface area contributed by atoms with Gasteiger partial charge in [0.1, 0.15) is 11.6 Å². The number of carbonyl (C=O) groups excluding carboxylic acids is 2. The topological polar surface area (TPSA) is 73.7 Å². The molecule has 1 aliphatic rings. The average molecular weight is 598 g/mol. The molecule has 1 fully saturated rings. The van der Waals surface area contributed by atoms with Gasteiger partial charge in [-0.1, -0.05) is 6.07 Å². The number of likely N-dealkylation sites (tertiary alicyclic amines) is 1. The van der Waals surface area contributed by atoms with Gasteiger partial charge in [-0.25, -0.2) is 9.37 Å². The van der Waals surface area contributed by atoms with E-state index in [0.29, 0.717) is 23.3 Å². The van der Waals surface area contributed by atoms with Gasteiger partial charge < -0.3 is 14.9 Å². The van der Waals surface area contributed by atoms with Crippen molar-refractivity contribution >= 4 is 11.8 Å². The number of hydrogen-bond acceptors (Lipinski definition) is 4. The summed E-state index contributed by atoms with van der Waals surface area (Å²) in [5.41, 5.74) is -2.50.